The Labute approximate surface area is 260 Å². The smallest absolute Gasteiger partial charge is 0.344 e. The van der Waals surface area contributed by atoms with Gasteiger partial charge in [-0.3, -0.25) is 9.36 Å². The minimum absolute atomic E-state index is 0.177. The molecule has 228 valence electrons. The van der Waals surface area contributed by atoms with E-state index in [1.54, 1.807) is 43.3 Å². The van der Waals surface area contributed by atoms with Crippen molar-refractivity contribution in [3.8, 4) is 23.0 Å². The summed E-state index contributed by atoms with van der Waals surface area (Å²) in [5.41, 5.74) is 0.860. The summed E-state index contributed by atoms with van der Waals surface area (Å²) in [6.45, 7) is 6.11. The second-order valence-electron chi connectivity index (χ2n) is 8.87. The summed E-state index contributed by atoms with van der Waals surface area (Å²) in [6.07, 6.45) is 3.04. The number of halogens is 1. The SMILES string of the molecule is CCOC(=O)COc1c(/C=c2/sc3n(c2=O)[C@@H](c2ccc(OCC)c(OCC)c2)C(C(=O)OC)=CN=3)cc(Br)cc1OC. The molecule has 2 heterocycles. The van der Waals surface area contributed by atoms with Crippen molar-refractivity contribution < 1.29 is 38.0 Å². The molecule has 1 aromatic heterocycles. The number of hydrogen-bond acceptors (Lipinski definition) is 11. The van der Waals surface area contributed by atoms with Crippen LogP contribution in [0.4, 0.5) is 0 Å². The maximum absolute atomic E-state index is 14.0. The lowest BCUT2D eigenvalue weighted by molar-refractivity contribution is -0.145. The van der Waals surface area contributed by atoms with Gasteiger partial charge in [-0.2, -0.15) is 0 Å². The largest absolute Gasteiger partial charge is 0.493 e. The minimum atomic E-state index is -0.850. The molecule has 0 unspecified atom stereocenters. The quantitative estimate of drug-likeness (QED) is 0.266. The molecule has 0 bridgehead atoms. The van der Waals surface area contributed by atoms with Crippen LogP contribution >= 0.6 is 27.3 Å². The van der Waals surface area contributed by atoms with Crippen molar-refractivity contribution in [3.63, 3.8) is 0 Å². The van der Waals surface area contributed by atoms with E-state index >= 15 is 0 Å². The molecule has 43 heavy (non-hydrogen) atoms. The molecule has 0 radical (unpaired) electrons. The highest BCUT2D eigenvalue weighted by Gasteiger charge is 2.31. The van der Waals surface area contributed by atoms with E-state index < -0.39 is 23.5 Å². The summed E-state index contributed by atoms with van der Waals surface area (Å²) in [5.74, 6) is 0.458. The monoisotopic (exact) mass is 674 g/mol. The third kappa shape index (κ3) is 6.94. The van der Waals surface area contributed by atoms with Gasteiger partial charge in [0.15, 0.2) is 34.4 Å². The van der Waals surface area contributed by atoms with Crippen LogP contribution in [0.5, 0.6) is 23.0 Å². The third-order valence-electron chi connectivity index (χ3n) is 6.20. The number of carbonyl (C=O) groups excluding carboxylic acids is 2. The van der Waals surface area contributed by atoms with E-state index in [0.29, 0.717) is 55.4 Å². The summed E-state index contributed by atoms with van der Waals surface area (Å²) in [6, 6.07) is 7.84. The molecule has 0 saturated heterocycles. The van der Waals surface area contributed by atoms with Crippen molar-refractivity contribution in [1.29, 1.82) is 0 Å². The number of carbonyl (C=O) groups is 2. The lowest BCUT2D eigenvalue weighted by Crippen LogP contribution is -2.39. The van der Waals surface area contributed by atoms with E-state index in [9.17, 15) is 14.4 Å². The molecule has 13 heteroatoms. The van der Waals surface area contributed by atoms with Crippen molar-refractivity contribution in [1.82, 2.24) is 4.57 Å². The first kappa shape index (κ1) is 31.8. The van der Waals surface area contributed by atoms with Crippen LogP contribution in [0.15, 0.2) is 56.4 Å². The fraction of sp³-hybridized carbons (Fsp3) is 0.333. The maximum Gasteiger partial charge on any atom is 0.344 e. The molecule has 0 saturated carbocycles. The highest BCUT2D eigenvalue weighted by molar-refractivity contribution is 9.10. The van der Waals surface area contributed by atoms with Crippen molar-refractivity contribution in [3.05, 3.63) is 77.4 Å². The molecule has 0 amide bonds. The number of ether oxygens (including phenoxy) is 6. The standard InChI is InChI=1S/C30H31BrN2O9S/c1-6-39-21-10-9-17(12-22(21)40-7-2)26-20(29(36)38-5)15-32-30-33(26)28(35)24(43-30)13-18-11-19(31)14-23(37-4)27(18)42-16-25(34)41-8-3/h9-15,26H,6-8,16H2,1-5H3/b24-13+/t26-/m0/s1. The molecule has 2 aromatic carbocycles. The van der Waals surface area contributed by atoms with Gasteiger partial charge in [-0.15, -0.1) is 0 Å². The van der Waals surface area contributed by atoms with Gasteiger partial charge in [-0.05, 0) is 56.7 Å². The van der Waals surface area contributed by atoms with E-state index in [0.717, 1.165) is 11.3 Å². The van der Waals surface area contributed by atoms with Crippen LogP contribution in [0, 0.1) is 0 Å². The number of thiazole rings is 1. The van der Waals surface area contributed by atoms with Gasteiger partial charge < -0.3 is 28.4 Å². The predicted octanol–water partition coefficient (Wildman–Crippen LogP) is 3.53. The number of hydrogen-bond donors (Lipinski definition) is 0. The van der Waals surface area contributed by atoms with Crippen molar-refractivity contribution in [2.45, 2.75) is 26.8 Å². The lowest BCUT2D eigenvalue weighted by atomic mass is 9.97. The number of nitrogens with zero attached hydrogens (tertiary/aromatic N) is 2. The normalized spacial score (nSPS) is 14.2. The van der Waals surface area contributed by atoms with Gasteiger partial charge in [0.25, 0.3) is 5.56 Å². The Morgan fingerprint density at radius 1 is 1.00 bits per heavy atom. The number of esters is 2. The summed E-state index contributed by atoms with van der Waals surface area (Å²) in [5, 5.41) is 0. The molecular weight excluding hydrogens is 644 g/mol. The average Bonchev–Trinajstić information content (AvgIpc) is 3.31. The zero-order valence-corrected chi connectivity index (χ0v) is 26.7. The Hall–Kier alpha value is -4.10. The molecule has 4 rings (SSSR count). The molecule has 0 fully saturated rings. The predicted molar refractivity (Wildman–Crippen MR) is 163 cm³/mol. The second-order valence-corrected chi connectivity index (χ2v) is 10.8. The Kier molecular flexibility index (Phi) is 10.6. The molecule has 0 aliphatic carbocycles. The summed E-state index contributed by atoms with van der Waals surface area (Å²) in [7, 11) is 2.74. The zero-order valence-electron chi connectivity index (χ0n) is 24.3. The first-order chi connectivity index (χ1) is 20.8. The van der Waals surface area contributed by atoms with E-state index in [4.69, 9.17) is 28.4 Å². The number of aromatic nitrogens is 1. The van der Waals surface area contributed by atoms with Crippen LogP contribution in [-0.2, 0) is 19.1 Å². The van der Waals surface area contributed by atoms with Crippen LogP contribution in [-0.4, -0.2) is 57.2 Å². The van der Waals surface area contributed by atoms with E-state index in [-0.39, 0.29) is 24.5 Å². The summed E-state index contributed by atoms with van der Waals surface area (Å²) >= 11 is 4.60. The van der Waals surface area contributed by atoms with Crippen molar-refractivity contribution in [2.24, 2.45) is 4.99 Å². The number of methoxy groups -OCH3 is 2. The van der Waals surface area contributed by atoms with Gasteiger partial charge in [-0.1, -0.05) is 33.3 Å². The average molecular weight is 676 g/mol. The number of benzene rings is 2. The van der Waals surface area contributed by atoms with Crippen molar-refractivity contribution >= 4 is 45.3 Å². The fourth-order valence-electron chi connectivity index (χ4n) is 4.46. The lowest BCUT2D eigenvalue weighted by Gasteiger charge is -2.23. The summed E-state index contributed by atoms with van der Waals surface area (Å²) < 4.78 is 35.2. The van der Waals surface area contributed by atoms with Crippen LogP contribution in [0.3, 0.4) is 0 Å². The molecule has 1 aliphatic rings. The summed E-state index contributed by atoms with van der Waals surface area (Å²) in [4.78, 5) is 43.7. The van der Waals surface area contributed by atoms with E-state index in [1.165, 1.54) is 25.0 Å². The van der Waals surface area contributed by atoms with Crippen molar-refractivity contribution in [2.75, 3.05) is 40.6 Å². The van der Waals surface area contributed by atoms with Crippen LogP contribution < -0.4 is 33.8 Å². The fourth-order valence-corrected chi connectivity index (χ4v) is 5.88. The van der Waals surface area contributed by atoms with Gasteiger partial charge in [0.1, 0.15) is 0 Å². The second kappa shape index (κ2) is 14.4. The Morgan fingerprint density at radius 3 is 2.42 bits per heavy atom. The molecule has 1 atom stereocenters. The highest BCUT2D eigenvalue weighted by Crippen LogP contribution is 2.36. The number of fused-ring (bicyclic) bond motifs is 1. The number of rotatable bonds is 12. The van der Waals surface area contributed by atoms with Crippen LogP contribution in [0.2, 0.25) is 0 Å². The van der Waals surface area contributed by atoms with Crippen LogP contribution in [0.25, 0.3) is 6.08 Å². The Balaban J connectivity index is 1.89. The molecule has 1 aliphatic heterocycles. The molecule has 11 nitrogen and oxygen atoms in total. The molecule has 0 spiro atoms. The van der Waals surface area contributed by atoms with E-state index in [2.05, 4.69) is 20.9 Å². The maximum atomic E-state index is 14.0. The van der Waals surface area contributed by atoms with Crippen LogP contribution in [0.1, 0.15) is 37.9 Å². The van der Waals surface area contributed by atoms with E-state index in [1.807, 2.05) is 13.8 Å². The first-order valence-electron chi connectivity index (χ1n) is 13.4. The van der Waals surface area contributed by atoms with Gasteiger partial charge >= 0.3 is 11.9 Å². The Bertz CT molecular complexity index is 1730. The molecule has 3 aromatic rings. The third-order valence-corrected chi connectivity index (χ3v) is 7.66. The zero-order chi connectivity index (χ0) is 31.1. The molecule has 0 N–H and O–H groups in total. The van der Waals surface area contributed by atoms with Gasteiger partial charge in [0.05, 0.1) is 50.2 Å². The first-order valence-corrected chi connectivity index (χ1v) is 15.0. The molecular formula is C30H31BrN2O9S. The van der Waals surface area contributed by atoms with Gasteiger partial charge in [0, 0.05) is 16.2 Å². The van der Waals surface area contributed by atoms with Gasteiger partial charge in [0.2, 0.25) is 0 Å². The minimum Gasteiger partial charge on any atom is -0.493 e. The Morgan fingerprint density at radius 2 is 1.74 bits per heavy atom. The highest BCUT2D eigenvalue weighted by atomic mass is 79.9. The van der Waals surface area contributed by atoms with Gasteiger partial charge in [-0.25, -0.2) is 14.6 Å². The topological polar surface area (TPSA) is 124 Å².